The van der Waals surface area contributed by atoms with Crippen LogP contribution in [0.15, 0.2) is 12.1 Å². The number of methoxy groups -OCH3 is 1. The summed E-state index contributed by atoms with van der Waals surface area (Å²) in [6.45, 7) is 0.235. The highest BCUT2D eigenvalue weighted by Crippen LogP contribution is 2.41. The highest BCUT2D eigenvalue weighted by molar-refractivity contribution is 7.89. The van der Waals surface area contributed by atoms with Gasteiger partial charge in [-0.15, -0.1) is 0 Å². The molecule has 2 aliphatic rings. The molecule has 2 heterocycles. The number of hydrogen-bond acceptors (Lipinski definition) is 6. The van der Waals surface area contributed by atoms with Gasteiger partial charge in [0.15, 0.2) is 11.6 Å². The molecule has 0 radical (unpaired) electrons. The van der Waals surface area contributed by atoms with Crippen LogP contribution in [0.1, 0.15) is 31.2 Å². The van der Waals surface area contributed by atoms with E-state index >= 15 is 0 Å². The number of sulfonamides is 1. The number of halogens is 3. The second-order valence-electron chi connectivity index (χ2n) is 8.54. The first-order valence-corrected chi connectivity index (χ1v) is 12.5. The van der Waals surface area contributed by atoms with Crippen LogP contribution < -0.4 is 11.1 Å². The number of carbonyl (C=O) groups is 1. The van der Waals surface area contributed by atoms with Gasteiger partial charge in [-0.25, -0.2) is 26.4 Å². The molecule has 1 aromatic carbocycles. The van der Waals surface area contributed by atoms with Crippen LogP contribution in [-0.2, 0) is 25.9 Å². The van der Waals surface area contributed by atoms with Crippen molar-refractivity contribution in [3.63, 3.8) is 0 Å². The van der Waals surface area contributed by atoms with E-state index in [4.69, 9.17) is 15.2 Å². The van der Waals surface area contributed by atoms with Crippen molar-refractivity contribution < 1.29 is 35.9 Å². The fourth-order valence-corrected chi connectivity index (χ4v) is 6.64. The van der Waals surface area contributed by atoms with Gasteiger partial charge in [-0.2, -0.15) is 4.31 Å². The van der Waals surface area contributed by atoms with Crippen molar-refractivity contribution in [2.24, 2.45) is 11.7 Å². The van der Waals surface area contributed by atoms with E-state index < -0.39 is 39.6 Å². The number of nitrogens with zero attached hydrogens (tertiary/aromatic N) is 1. The molecule has 1 amide bonds. The normalized spacial score (nSPS) is 24.0. The number of fused-ring (bicyclic) bond motifs is 2. The lowest BCUT2D eigenvalue weighted by Gasteiger charge is -2.40. The number of benzene rings is 1. The molecular formula is C21H30F3N3O5S. The molecule has 8 nitrogen and oxygen atoms in total. The van der Waals surface area contributed by atoms with Crippen molar-refractivity contribution in [1.29, 1.82) is 0 Å². The van der Waals surface area contributed by atoms with Crippen molar-refractivity contribution in [1.82, 2.24) is 9.62 Å². The Morgan fingerprint density at radius 1 is 1.15 bits per heavy atom. The van der Waals surface area contributed by atoms with Crippen molar-refractivity contribution in [3.05, 3.63) is 35.1 Å². The molecule has 2 saturated heterocycles. The van der Waals surface area contributed by atoms with Crippen LogP contribution in [0.2, 0.25) is 0 Å². The van der Waals surface area contributed by atoms with Crippen LogP contribution in [0, 0.1) is 23.4 Å². The summed E-state index contributed by atoms with van der Waals surface area (Å²) < 4.78 is 77.7. The first-order chi connectivity index (χ1) is 15.6. The van der Waals surface area contributed by atoms with E-state index in [1.165, 1.54) is 11.4 Å². The second-order valence-corrected chi connectivity index (χ2v) is 10.5. The predicted octanol–water partition coefficient (Wildman–Crippen LogP) is 1.92. The van der Waals surface area contributed by atoms with E-state index in [9.17, 15) is 26.4 Å². The number of piperidine rings is 1. The molecule has 0 unspecified atom stereocenters. The third-order valence-corrected chi connectivity index (χ3v) is 8.28. The fourth-order valence-electron chi connectivity index (χ4n) is 4.78. The summed E-state index contributed by atoms with van der Waals surface area (Å²) in [4.78, 5) is 11.6. The van der Waals surface area contributed by atoms with E-state index in [0.29, 0.717) is 31.7 Å². The summed E-state index contributed by atoms with van der Waals surface area (Å²) in [6.07, 6.45) is 1.73. The molecule has 3 rings (SSSR count). The van der Waals surface area contributed by atoms with Gasteiger partial charge in [-0.3, -0.25) is 0 Å². The molecule has 0 saturated carbocycles. The molecule has 0 spiro atoms. The van der Waals surface area contributed by atoms with E-state index in [-0.39, 0.29) is 55.5 Å². The Balaban J connectivity index is 1.55. The minimum Gasteiger partial charge on any atom is -0.447 e. The van der Waals surface area contributed by atoms with Gasteiger partial charge in [0.05, 0.1) is 12.4 Å². The number of hydrogen-bond donors (Lipinski definition) is 2. The lowest BCUT2D eigenvalue weighted by molar-refractivity contribution is 0.0989. The number of nitrogens with two attached hydrogens (primary N) is 1. The van der Waals surface area contributed by atoms with Crippen molar-refractivity contribution >= 4 is 16.1 Å². The molecule has 0 aromatic heterocycles. The monoisotopic (exact) mass is 493 g/mol. The van der Waals surface area contributed by atoms with E-state index in [0.717, 1.165) is 6.07 Å². The van der Waals surface area contributed by atoms with Gasteiger partial charge in [-0.05, 0) is 49.7 Å². The third kappa shape index (κ3) is 6.37. The van der Waals surface area contributed by atoms with Crippen LogP contribution in [0.25, 0.3) is 0 Å². The number of alkyl carbamates (subject to hydrolysis) is 1. The molecule has 12 heteroatoms. The summed E-state index contributed by atoms with van der Waals surface area (Å²) in [6, 6.07) is 0.367. The van der Waals surface area contributed by atoms with Gasteiger partial charge in [0.1, 0.15) is 12.4 Å². The average molecular weight is 494 g/mol. The minimum atomic E-state index is -3.62. The van der Waals surface area contributed by atoms with E-state index in [2.05, 4.69) is 5.32 Å². The largest absolute Gasteiger partial charge is 0.447 e. The van der Waals surface area contributed by atoms with Crippen molar-refractivity contribution in [2.75, 3.05) is 32.6 Å². The molecule has 33 heavy (non-hydrogen) atoms. The molecule has 1 aromatic rings. The third-order valence-electron chi connectivity index (χ3n) is 6.32. The SMILES string of the molecule is COCCOC(=O)NCCS(=O)(=O)N1[C@@H]2CC[C@H]1C[C@H]([C@H](N)Cc1cc(F)c(F)cc1F)C2. The number of amides is 1. The smallest absolute Gasteiger partial charge is 0.407 e. The molecule has 0 aliphatic carbocycles. The van der Waals surface area contributed by atoms with Crippen molar-refractivity contribution in [2.45, 2.75) is 50.2 Å². The maximum absolute atomic E-state index is 14.0. The number of nitrogens with one attached hydrogen (secondary N) is 1. The Bertz CT molecular complexity index is 935. The predicted molar refractivity (Wildman–Crippen MR) is 114 cm³/mol. The highest BCUT2D eigenvalue weighted by atomic mass is 32.2. The van der Waals surface area contributed by atoms with Crippen LogP contribution in [0.4, 0.5) is 18.0 Å². The average Bonchev–Trinajstić information content (AvgIpc) is 3.03. The second kappa shape index (κ2) is 11.0. The topological polar surface area (TPSA) is 111 Å². The summed E-state index contributed by atoms with van der Waals surface area (Å²) in [5.74, 6) is -3.55. The number of carbonyl (C=O) groups excluding carboxylic acids is 1. The van der Waals surface area contributed by atoms with E-state index in [1.807, 2.05) is 0 Å². The quantitative estimate of drug-likeness (QED) is 0.381. The molecule has 2 bridgehead atoms. The Kier molecular flexibility index (Phi) is 8.59. The molecule has 2 fully saturated rings. The van der Waals surface area contributed by atoms with Crippen LogP contribution in [0.3, 0.4) is 0 Å². The molecule has 186 valence electrons. The van der Waals surface area contributed by atoms with Gasteiger partial charge in [0.2, 0.25) is 10.0 Å². The fraction of sp³-hybridized carbons (Fsp3) is 0.667. The minimum absolute atomic E-state index is 0.00672. The Labute approximate surface area is 191 Å². The molecular weight excluding hydrogens is 463 g/mol. The van der Waals surface area contributed by atoms with Crippen LogP contribution in [-0.4, -0.2) is 69.6 Å². The Morgan fingerprint density at radius 3 is 2.42 bits per heavy atom. The summed E-state index contributed by atoms with van der Waals surface area (Å²) in [5.41, 5.74) is 6.29. The van der Waals surface area contributed by atoms with Gasteiger partial charge in [0.25, 0.3) is 0 Å². The lowest BCUT2D eigenvalue weighted by atomic mass is 9.83. The highest BCUT2D eigenvalue weighted by Gasteiger charge is 2.47. The summed E-state index contributed by atoms with van der Waals surface area (Å²) in [5, 5.41) is 2.42. The van der Waals surface area contributed by atoms with Gasteiger partial charge < -0.3 is 20.5 Å². The van der Waals surface area contributed by atoms with E-state index in [1.54, 1.807) is 0 Å². The summed E-state index contributed by atoms with van der Waals surface area (Å²) in [7, 11) is -2.15. The lowest BCUT2D eigenvalue weighted by Crippen LogP contribution is -2.51. The standard InChI is InChI=1S/C21H30F3N3O5S/c1-31-5-6-32-21(28)26-4-7-33(29,30)27-15-2-3-16(27)9-14(8-15)20(25)11-13-10-18(23)19(24)12-17(13)22/h10,12,14-16,20H,2-9,11,25H2,1H3,(H,26,28)/t14-,15-,16+,20-/m1/s1. The van der Waals surface area contributed by atoms with Crippen LogP contribution >= 0.6 is 0 Å². The maximum Gasteiger partial charge on any atom is 0.407 e. The zero-order chi connectivity index (χ0) is 24.2. The number of ether oxygens (including phenoxy) is 2. The summed E-state index contributed by atoms with van der Waals surface area (Å²) >= 11 is 0. The Morgan fingerprint density at radius 2 is 1.79 bits per heavy atom. The maximum atomic E-state index is 14.0. The molecule has 2 aliphatic heterocycles. The molecule has 3 N–H and O–H groups in total. The zero-order valence-corrected chi connectivity index (χ0v) is 19.3. The van der Waals surface area contributed by atoms with Crippen LogP contribution in [0.5, 0.6) is 0 Å². The number of rotatable bonds is 10. The van der Waals surface area contributed by atoms with Crippen molar-refractivity contribution in [3.8, 4) is 0 Å². The Hall–Kier alpha value is -1.89. The van der Waals surface area contributed by atoms with Gasteiger partial charge in [0, 0.05) is 37.8 Å². The van der Waals surface area contributed by atoms with Gasteiger partial charge in [-0.1, -0.05) is 0 Å². The molecule has 4 atom stereocenters. The van der Waals surface area contributed by atoms with Gasteiger partial charge >= 0.3 is 6.09 Å². The zero-order valence-electron chi connectivity index (χ0n) is 18.4. The first kappa shape index (κ1) is 25.7. The first-order valence-electron chi connectivity index (χ1n) is 10.9.